The van der Waals surface area contributed by atoms with Gasteiger partial charge in [0.25, 0.3) is 0 Å². The van der Waals surface area contributed by atoms with Crippen LogP contribution < -0.4 is 4.90 Å². The highest BCUT2D eigenvalue weighted by atomic mass is 19.1. The predicted molar refractivity (Wildman–Crippen MR) is 88.9 cm³/mol. The SMILES string of the molecule is C=C1N(C)C2=C(C=CCC=C2)N1c1cnc(CCCO)c(F)c1. The standard InChI is InChI=1S/C18H20FN3O/c1-13-21(2)17-8-4-3-5-9-18(17)22(13)14-11-15(19)16(20-12-14)7-6-10-23/h4-5,8-9,11-12,23H,1,3,6-7,10H2,2H3. The number of hydrogen-bond donors (Lipinski definition) is 1. The number of aliphatic hydroxyl groups is 1. The average molecular weight is 313 g/mol. The van der Waals surface area contributed by atoms with Crippen LogP contribution >= 0.6 is 0 Å². The molecule has 0 atom stereocenters. The Hall–Kier alpha value is -2.40. The first-order valence-electron chi connectivity index (χ1n) is 7.69. The van der Waals surface area contributed by atoms with Gasteiger partial charge in [-0.1, -0.05) is 18.7 Å². The van der Waals surface area contributed by atoms with Crippen molar-refractivity contribution in [1.29, 1.82) is 0 Å². The first-order chi connectivity index (χ1) is 11.1. The van der Waals surface area contributed by atoms with Crippen molar-refractivity contribution in [3.05, 3.63) is 71.9 Å². The van der Waals surface area contributed by atoms with Crippen LogP contribution in [0, 0.1) is 5.82 Å². The lowest BCUT2D eigenvalue weighted by Gasteiger charge is -2.23. The maximum absolute atomic E-state index is 14.3. The van der Waals surface area contributed by atoms with Crippen molar-refractivity contribution >= 4 is 5.69 Å². The molecule has 1 aromatic rings. The highest BCUT2D eigenvalue weighted by Gasteiger charge is 2.30. The number of pyridine rings is 1. The van der Waals surface area contributed by atoms with E-state index in [1.807, 2.05) is 22.9 Å². The molecule has 4 nitrogen and oxygen atoms in total. The third-order valence-electron chi connectivity index (χ3n) is 4.07. The number of halogens is 1. The van der Waals surface area contributed by atoms with Crippen LogP contribution in [0.2, 0.25) is 0 Å². The zero-order valence-electron chi connectivity index (χ0n) is 13.2. The number of aliphatic hydroxyl groups excluding tert-OH is 1. The summed E-state index contributed by atoms with van der Waals surface area (Å²) in [6, 6.07) is 1.48. The fourth-order valence-electron chi connectivity index (χ4n) is 2.81. The summed E-state index contributed by atoms with van der Waals surface area (Å²) in [7, 11) is 1.95. The number of likely N-dealkylation sites (N-methyl/N-ethyl adjacent to an activating group) is 1. The molecule has 0 saturated carbocycles. The van der Waals surface area contributed by atoms with Gasteiger partial charge in [-0.15, -0.1) is 0 Å². The summed E-state index contributed by atoms with van der Waals surface area (Å²) in [6.07, 6.45) is 11.7. The molecule has 2 heterocycles. The van der Waals surface area contributed by atoms with E-state index in [-0.39, 0.29) is 12.4 Å². The Balaban J connectivity index is 1.97. The number of anilines is 1. The summed E-state index contributed by atoms with van der Waals surface area (Å²) in [5.74, 6) is 0.407. The molecule has 3 rings (SSSR count). The van der Waals surface area contributed by atoms with Crippen molar-refractivity contribution < 1.29 is 9.50 Å². The quantitative estimate of drug-likeness (QED) is 0.927. The molecule has 120 valence electrons. The molecule has 1 aromatic heterocycles. The molecule has 1 aliphatic heterocycles. The monoisotopic (exact) mass is 313 g/mol. The van der Waals surface area contributed by atoms with E-state index in [1.54, 1.807) is 6.20 Å². The lowest BCUT2D eigenvalue weighted by atomic mass is 10.2. The first-order valence-corrected chi connectivity index (χ1v) is 7.69. The van der Waals surface area contributed by atoms with Gasteiger partial charge in [-0.05, 0) is 31.4 Å². The Labute approximate surface area is 135 Å². The second-order valence-electron chi connectivity index (χ2n) is 5.57. The molecule has 23 heavy (non-hydrogen) atoms. The van der Waals surface area contributed by atoms with Gasteiger partial charge in [0.05, 0.1) is 29.0 Å². The average Bonchev–Trinajstić information content (AvgIpc) is 2.72. The topological polar surface area (TPSA) is 39.6 Å². The normalized spacial score (nSPS) is 17.1. The van der Waals surface area contributed by atoms with Crippen LogP contribution in [-0.4, -0.2) is 28.6 Å². The minimum atomic E-state index is -0.353. The number of allylic oxidation sites excluding steroid dienone is 4. The number of hydrogen-bond acceptors (Lipinski definition) is 4. The van der Waals surface area contributed by atoms with Gasteiger partial charge in [0, 0.05) is 19.7 Å². The Morgan fingerprint density at radius 1 is 1.30 bits per heavy atom. The van der Waals surface area contributed by atoms with E-state index in [1.165, 1.54) is 6.07 Å². The first kappa shape index (κ1) is 15.5. The van der Waals surface area contributed by atoms with Crippen molar-refractivity contribution in [3.63, 3.8) is 0 Å². The molecule has 5 heteroatoms. The molecule has 2 aliphatic rings. The Morgan fingerprint density at radius 3 is 2.74 bits per heavy atom. The molecule has 0 radical (unpaired) electrons. The fourth-order valence-corrected chi connectivity index (χ4v) is 2.81. The number of aryl methyl sites for hydroxylation is 1. The molecular formula is C18H20FN3O. The third kappa shape index (κ3) is 2.80. The van der Waals surface area contributed by atoms with Gasteiger partial charge in [-0.3, -0.25) is 9.88 Å². The van der Waals surface area contributed by atoms with Crippen molar-refractivity contribution in [2.24, 2.45) is 0 Å². The maximum Gasteiger partial charge on any atom is 0.146 e. The molecule has 0 bridgehead atoms. The van der Waals surface area contributed by atoms with Crippen LogP contribution in [0.4, 0.5) is 10.1 Å². The molecule has 0 amide bonds. The number of aromatic nitrogens is 1. The zero-order valence-corrected chi connectivity index (χ0v) is 13.2. The maximum atomic E-state index is 14.3. The molecule has 0 saturated heterocycles. The van der Waals surface area contributed by atoms with Crippen LogP contribution in [-0.2, 0) is 6.42 Å². The summed E-state index contributed by atoms with van der Waals surface area (Å²) in [4.78, 5) is 8.12. The van der Waals surface area contributed by atoms with Crippen LogP contribution in [0.5, 0.6) is 0 Å². The number of nitrogens with zero attached hydrogens (tertiary/aromatic N) is 3. The molecule has 0 unspecified atom stereocenters. The Kier molecular flexibility index (Phi) is 4.30. The van der Waals surface area contributed by atoms with E-state index < -0.39 is 0 Å². The number of rotatable bonds is 4. The van der Waals surface area contributed by atoms with E-state index in [0.29, 0.717) is 24.2 Å². The lowest BCUT2D eigenvalue weighted by molar-refractivity contribution is 0.287. The van der Waals surface area contributed by atoms with Crippen LogP contribution in [0.1, 0.15) is 18.5 Å². The minimum Gasteiger partial charge on any atom is -0.396 e. The van der Waals surface area contributed by atoms with Gasteiger partial charge in [0.2, 0.25) is 0 Å². The highest BCUT2D eigenvalue weighted by molar-refractivity contribution is 5.65. The smallest absolute Gasteiger partial charge is 0.146 e. The van der Waals surface area contributed by atoms with E-state index in [9.17, 15) is 4.39 Å². The van der Waals surface area contributed by atoms with E-state index in [0.717, 1.165) is 23.6 Å². The fraction of sp³-hybridized carbons (Fsp3) is 0.278. The Bertz CT molecular complexity index is 721. The molecular weight excluding hydrogens is 293 g/mol. The zero-order chi connectivity index (χ0) is 16.4. The predicted octanol–water partition coefficient (Wildman–Crippen LogP) is 3.10. The largest absolute Gasteiger partial charge is 0.396 e. The third-order valence-corrected chi connectivity index (χ3v) is 4.07. The lowest BCUT2D eigenvalue weighted by Crippen LogP contribution is -2.21. The molecule has 0 aromatic carbocycles. The van der Waals surface area contributed by atoms with Gasteiger partial charge < -0.3 is 10.0 Å². The van der Waals surface area contributed by atoms with Gasteiger partial charge in [0.15, 0.2) is 0 Å². The van der Waals surface area contributed by atoms with Crippen LogP contribution in [0.15, 0.2) is 60.4 Å². The van der Waals surface area contributed by atoms with Gasteiger partial charge in [0.1, 0.15) is 11.6 Å². The second kappa shape index (κ2) is 6.38. The van der Waals surface area contributed by atoms with Gasteiger partial charge >= 0.3 is 0 Å². The van der Waals surface area contributed by atoms with Crippen LogP contribution in [0.3, 0.4) is 0 Å². The van der Waals surface area contributed by atoms with E-state index in [4.69, 9.17) is 5.11 Å². The summed E-state index contributed by atoms with van der Waals surface area (Å²) in [5, 5.41) is 8.87. The molecule has 0 spiro atoms. The van der Waals surface area contributed by atoms with Gasteiger partial charge in [-0.2, -0.15) is 0 Å². The summed E-state index contributed by atoms with van der Waals surface area (Å²) >= 11 is 0. The van der Waals surface area contributed by atoms with Crippen molar-refractivity contribution in [2.75, 3.05) is 18.6 Å². The Morgan fingerprint density at radius 2 is 2.04 bits per heavy atom. The molecule has 1 N–H and O–H groups in total. The van der Waals surface area contributed by atoms with Crippen molar-refractivity contribution in [3.8, 4) is 0 Å². The molecule has 1 aliphatic carbocycles. The summed E-state index contributed by atoms with van der Waals surface area (Å²) in [6.45, 7) is 4.14. The molecule has 0 fully saturated rings. The van der Waals surface area contributed by atoms with Crippen molar-refractivity contribution in [2.45, 2.75) is 19.3 Å². The minimum absolute atomic E-state index is 0.0317. The second-order valence-corrected chi connectivity index (χ2v) is 5.57. The van der Waals surface area contributed by atoms with Crippen molar-refractivity contribution in [1.82, 2.24) is 9.88 Å². The summed E-state index contributed by atoms with van der Waals surface area (Å²) in [5.41, 5.74) is 3.03. The van der Waals surface area contributed by atoms with E-state index in [2.05, 4.69) is 29.8 Å². The van der Waals surface area contributed by atoms with Crippen LogP contribution in [0.25, 0.3) is 0 Å². The summed E-state index contributed by atoms with van der Waals surface area (Å²) < 4.78 is 14.3. The van der Waals surface area contributed by atoms with Gasteiger partial charge in [-0.25, -0.2) is 4.39 Å². The highest BCUT2D eigenvalue weighted by Crippen LogP contribution is 2.37. The van der Waals surface area contributed by atoms with E-state index >= 15 is 0 Å².